The molecule has 0 heterocycles. The van der Waals surface area contributed by atoms with Gasteiger partial charge in [-0.05, 0) is 37.8 Å². The molecule has 1 aliphatic rings. The molecule has 3 nitrogen and oxygen atoms in total. The van der Waals surface area contributed by atoms with Gasteiger partial charge in [-0.3, -0.25) is 0 Å². The van der Waals surface area contributed by atoms with Crippen LogP contribution < -0.4 is 14.8 Å². The standard InChI is InChI=1S/C16H24ClNO2/c1-4-9-18-13-8-6-5-7-11-12(17)10-14(19-2)16(20-3)15(11)13/h10,13,18H,4-9H2,1-3H3. The Morgan fingerprint density at radius 2 is 2.10 bits per heavy atom. The average molecular weight is 298 g/mol. The molecule has 1 aromatic rings. The highest BCUT2D eigenvalue weighted by Crippen LogP contribution is 2.44. The molecule has 2 rings (SSSR count). The molecule has 1 aromatic carbocycles. The largest absolute Gasteiger partial charge is 0.493 e. The molecule has 0 saturated heterocycles. The fourth-order valence-electron chi connectivity index (χ4n) is 2.97. The number of ether oxygens (including phenoxy) is 2. The highest BCUT2D eigenvalue weighted by Gasteiger charge is 2.26. The molecule has 0 radical (unpaired) electrons. The van der Waals surface area contributed by atoms with Crippen molar-refractivity contribution in [3.8, 4) is 11.5 Å². The van der Waals surface area contributed by atoms with E-state index in [2.05, 4.69) is 12.2 Å². The summed E-state index contributed by atoms with van der Waals surface area (Å²) in [7, 11) is 3.36. The molecule has 4 heteroatoms. The van der Waals surface area contributed by atoms with E-state index in [4.69, 9.17) is 21.1 Å². The fourth-order valence-corrected chi connectivity index (χ4v) is 3.26. The Bertz CT molecular complexity index is 462. The number of rotatable bonds is 5. The Hall–Kier alpha value is -0.930. The summed E-state index contributed by atoms with van der Waals surface area (Å²) in [5.74, 6) is 1.56. The predicted molar refractivity (Wildman–Crippen MR) is 83.1 cm³/mol. The molecule has 0 spiro atoms. The van der Waals surface area contributed by atoms with Crippen LogP contribution in [0, 0.1) is 0 Å². The molecule has 0 bridgehead atoms. The lowest BCUT2D eigenvalue weighted by atomic mass is 9.97. The third-order valence-electron chi connectivity index (χ3n) is 3.92. The van der Waals surface area contributed by atoms with Crippen LogP contribution in [0.4, 0.5) is 0 Å². The molecule has 1 N–H and O–H groups in total. The van der Waals surface area contributed by atoms with Crippen molar-refractivity contribution in [3.05, 3.63) is 22.2 Å². The van der Waals surface area contributed by atoms with Gasteiger partial charge in [0.2, 0.25) is 0 Å². The van der Waals surface area contributed by atoms with Gasteiger partial charge in [0.25, 0.3) is 0 Å². The monoisotopic (exact) mass is 297 g/mol. The van der Waals surface area contributed by atoms with Crippen LogP contribution in [0.3, 0.4) is 0 Å². The van der Waals surface area contributed by atoms with Crippen LogP contribution in [0.5, 0.6) is 11.5 Å². The van der Waals surface area contributed by atoms with Gasteiger partial charge in [-0.1, -0.05) is 24.9 Å². The smallest absolute Gasteiger partial charge is 0.165 e. The summed E-state index contributed by atoms with van der Waals surface area (Å²) in [5.41, 5.74) is 2.42. The van der Waals surface area contributed by atoms with Crippen LogP contribution in [0.1, 0.15) is 49.8 Å². The van der Waals surface area contributed by atoms with Crippen LogP contribution in [-0.4, -0.2) is 20.8 Å². The first-order chi connectivity index (χ1) is 9.72. The van der Waals surface area contributed by atoms with Gasteiger partial charge in [0.15, 0.2) is 11.5 Å². The summed E-state index contributed by atoms with van der Waals surface area (Å²) in [6, 6.07) is 2.18. The third kappa shape index (κ3) is 3.04. The van der Waals surface area contributed by atoms with Crippen LogP contribution in [-0.2, 0) is 6.42 Å². The quantitative estimate of drug-likeness (QED) is 0.829. The van der Waals surface area contributed by atoms with Gasteiger partial charge in [0.05, 0.1) is 14.2 Å². The number of hydrogen-bond acceptors (Lipinski definition) is 3. The van der Waals surface area contributed by atoms with Crippen molar-refractivity contribution < 1.29 is 9.47 Å². The third-order valence-corrected chi connectivity index (χ3v) is 4.26. The Morgan fingerprint density at radius 3 is 2.75 bits per heavy atom. The molecule has 1 unspecified atom stereocenters. The lowest BCUT2D eigenvalue weighted by Gasteiger charge is -2.24. The lowest BCUT2D eigenvalue weighted by molar-refractivity contribution is 0.345. The van der Waals surface area contributed by atoms with E-state index in [1.54, 1.807) is 14.2 Å². The molecule has 0 aromatic heterocycles. The maximum atomic E-state index is 6.46. The first kappa shape index (κ1) is 15.5. The maximum absolute atomic E-state index is 6.46. The summed E-state index contributed by atoms with van der Waals surface area (Å²) in [5, 5.41) is 4.42. The van der Waals surface area contributed by atoms with E-state index in [9.17, 15) is 0 Å². The molecular weight excluding hydrogens is 274 g/mol. The Kier molecular flexibility index (Phi) is 5.55. The highest BCUT2D eigenvalue weighted by atomic mass is 35.5. The number of halogens is 1. The minimum Gasteiger partial charge on any atom is -0.493 e. The number of nitrogens with one attached hydrogen (secondary N) is 1. The molecule has 0 saturated carbocycles. The van der Waals surface area contributed by atoms with Gasteiger partial charge in [0, 0.05) is 22.7 Å². The van der Waals surface area contributed by atoms with Crippen molar-refractivity contribution in [1.29, 1.82) is 0 Å². The van der Waals surface area contributed by atoms with E-state index in [0.29, 0.717) is 6.04 Å². The van der Waals surface area contributed by atoms with Gasteiger partial charge < -0.3 is 14.8 Å². The summed E-state index contributed by atoms with van der Waals surface area (Å²) >= 11 is 6.46. The van der Waals surface area contributed by atoms with Crippen molar-refractivity contribution in [2.24, 2.45) is 0 Å². The van der Waals surface area contributed by atoms with Crippen molar-refractivity contribution in [2.45, 2.75) is 45.1 Å². The second-order valence-corrected chi connectivity index (χ2v) is 5.65. The van der Waals surface area contributed by atoms with E-state index >= 15 is 0 Å². The van der Waals surface area contributed by atoms with Crippen molar-refractivity contribution in [1.82, 2.24) is 5.32 Å². The van der Waals surface area contributed by atoms with Crippen LogP contribution in [0.25, 0.3) is 0 Å². The Labute approximate surface area is 126 Å². The van der Waals surface area contributed by atoms with E-state index < -0.39 is 0 Å². The minimum atomic E-state index is 0.301. The summed E-state index contributed by atoms with van der Waals surface area (Å²) < 4.78 is 11.1. The second-order valence-electron chi connectivity index (χ2n) is 5.24. The van der Waals surface area contributed by atoms with Gasteiger partial charge >= 0.3 is 0 Å². The maximum Gasteiger partial charge on any atom is 0.165 e. The summed E-state index contributed by atoms with van der Waals surface area (Å²) in [6.45, 7) is 3.18. The molecule has 112 valence electrons. The first-order valence-corrected chi connectivity index (χ1v) is 7.77. The molecule has 1 aliphatic carbocycles. The number of benzene rings is 1. The topological polar surface area (TPSA) is 30.5 Å². The molecular formula is C16H24ClNO2. The average Bonchev–Trinajstić information content (AvgIpc) is 2.68. The zero-order chi connectivity index (χ0) is 14.5. The molecule has 0 aliphatic heterocycles. The van der Waals surface area contributed by atoms with Crippen molar-refractivity contribution in [3.63, 3.8) is 0 Å². The molecule has 20 heavy (non-hydrogen) atoms. The van der Waals surface area contributed by atoms with E-state index in [-0.39, 0.29) is 0 Å². The van der Waals surface area contributed by atoms with Gasteiger partial charge in [0.1, 0.15) is 0 Å². The second kappa shape index (κ2) is 7.19. The van der Waals surface area contributed by atoms with Gasteiger partial charge in [-0.25, -0.2) is 0 Å². The van der Waals surface area contributed by atoms with E-state index in [1.807, 2.05) is 6.07 Å². The van der Waals surface area contributed by atoms with Crippen LogP contribution in [0.2, 0.25) is 5.02 Å². The highest BCUT2D eigenvalue weighted by molar-refractivity contribution is 6.31. The van der Waals surface area contributed by atoms with Gasteiger partial charge in [-0.2, -0.15) is 0 Å². The minimum absolute atomic E-state index is 0.301. The number of hydrogen-bond donors (Lipinski definition) is 1. The number of methoxy groups -OCH3 is 2. The first-order valence-electron chi connectivity index (χ1n) is 7.39. The van der Waals surface area contributed by atoms with Gasteiger partial charge in [-0.15, -0.1) is 0 Å². The zero-order valence-electron chi connectivity index (χ0n) is 12.6. The molecule has 0 amide bonds. The van der Waals surface area contributed by atoms with Crippen molar-refractivity contribution >= 4 is 11.6 Å². The zero-order valence-corrected chi connectivity index (χ0v) is 13.3. The SMILES string of the molecule is CCCNC1CCCCc2c(Cl)cc(OC)c(OC)c21. The Balaban J connectivity index is 2.52. The predicted octanol–water partition coefficient (Wildman–Crippen LogP) is 4.12. The lowest BCUT2D eigenvalue weighted by Crippen LogP contribution is -2.23. The fraction of sp³-hybridized carbons (Fsp3) is 0.625. The van der Waals surface area contributed by atoms with Crippen LogP contribution >= 0.6 is 11.6 Å². The normalized spacial score (nSPS) is 18.3. The molecule has 0 fully saturated rings. The van der Waals surface area contributed by atoms with E-state index in [1.165, 1.54) is 24.0 Å². The van der Waals surface area contributed by atoms with E-state index in [0.717, 1.165) is 42.3 Å². The molecule has 1 atom stereocenters. The summed E-state index contributed by atoms with van der Waals surface area (Å²) in [6.07, 6.45) is 5.63. The number of fused-ring (bicyclic) bond motifs is 1. The summed E-state index contributed by atoms with van der Waals surface area (Å²) in [4.78, 5) is 0. The van der Waals surface area contributed by atoms with Crippen molar-refractivity contribution in [2.75, 3.05) is 20.8 Å². The van der Waals surface area contributed by atoms with Crippen LogP contribution in [0.15, 0.2) is 6.07 Å². The Morgan fingerprint density at radius 1 is 1.30 bits per heavy atom.